The predicted octanol–water partition coefficient (Wildman–Crippen LogP) is 1.74. The standard InChI is InChI=1S/C13H19FN2O/c1-4-16(10-13(17)15(2)3)9-11-6-5-7-12(14)8-11/h5-8H,4,9-10H2,1-3H3. The van der Waals surface area contributed by atoms with E-state index in [0.717, 1.165) is 12.1 Å². The second-order valence-corrected chi connectivity index (χ2v) is 4.22. The summed E-state index contributed by atoms with van der Waals surface area (Å²) in [5, 5.41) is 0. The summed E-state index contributed by atoms with van der Waals surface area (Å²) in [4.78, 5) is 15.1. The van der Waals surface area contributed by atoms with Gasteiger partial charge in [-0.1, -0.05) is 19.1 Å². The van der Waals surface area contributed by atoms with Crippen LogP contribution in [0.5, 0.6) is 0 Å². The van der Waals surface area contributed by atoms with Crippen LogP contribution in [0.1, 0.15) is 12.5 Å². The molecule has 0 saturated heterocycles. The quantitative estimate of drug-likeness (QED) is 0.780. The summed E-state index contributed by atoms with van der Waals surface area (Å²) in [7, 11) is 3.47. The molecule has 0 N–H and O–H groups in total. The summed E-state index contributed by atoms with van der Waals surface area (Å²) < 4.78 is 13.0. The largest absolute Gasteiger partial charge is 0.348 e. The third-order valence-corrected chi connectivity index (χ3v) is 2.60. The van der Waals surface area contributed by atoms with E-state index >= 15 is 0 Å². The molecule has 0 aliphatic heterocycles. The molecule has 0 bridgehead atoms. The van der Waals surface area contributed by atoms with Crippen molar-refractivity contribution in [1.82, 2.24) is 9.80 Å². The van der Waals surface area contributed by atoms with Crippen molar-refractivity contribution in [2.45, 2.75) is 13.5 Å². The molecule has 4 heteroatoms. The fraction of sp³-hybridized carbons (Fsp3) is 0.462. The first-order chi connectivity index (χ1) is 8.02. The van der Waals surface area contributed by atoms with Crippen LogP contribution in [0.4, 0.5) is 4.39 Å². The van der Waals surface area contributed by atoms with Crippen LogP contribution in [-0.2, 0) is 11.3 Å². The lowest BCUT2D eigenvalue weighted by Crippen LogP contribution is -2.36. The summed E-state index contributed by atoms with van der Waals surface area (Å²) in [6.07, 6.45) is 0. The van der Waals surface area contributed by atoms with Crippen molar-refractivity contribution in [3.05, 3.63) is 35.6 Å². The van der Waals surface area contributed by atoms with Crippen molar-refractivity contribution in [3.63, 3.8) is 0 Å². The molecule has 0 aliphatic carbocycles. The minimum Gasteiger partial charge on any atom is -0.348 e. The van der Waals surface area contributed by atoms with Gasteiger partial charge in [0.2, 0.25) is 5.91 Å². The Bertz CT molecular complexity index is 379. The molecule has 1 aromatic rings. The highest BCUT2D eigenvalue weighted by Crippen LogP contribution is 2.07. The average Bonchev–Trinajstić information content (AvgIpc) is 2.27. The molecule has 0 fully saturated rings. The normalized spacial score (nSPS) is 10.6. The maximum Gasteiger partial charge on any atom is 0.236 e. The van der Waals surface area contributed by atoms with Crippen LogP contribution in [0.3, 0.4) is 0 Å². The molecule has 1 aromatic carbocycles. The highest BCUT2D eigenvalue weighted by atomic mass is 19.1. The molecule has 0 unspecified atom stereocenters. The van der Waals surface area contributed by atoms with Crippen molar-refractivity contribution in [3.8, 4) is 0 Å². The Morgan fingerprint density at radius 3 is 2.59 bits per heavy atom. The zero-order valence-electron chi connectivity index (χ0n) is 10.6. The topological polar surface area (TPSA) is 23.6 Å². The predicted molar refractivity (Wildman–Crippen MR) is 66.0 cm³/mol. The number of nitrogens with zero attached hydrogens (tertiary/aromatic N) is 2. The van der Waals surface area contributed by atoms with Crippen LogP contribution in [0.2, 0.25) is 0 Å². The van der Waals surface area contributed by atoms with Gasteiger partial charge in [-0.15, -0.1) is 0 Å². The molecule has 0 aliphatic rings. The van der Waals surface area contributed by atoms with E-state index in [4.69, 9.17) is 0 Å². The van der Waals surface area contributed by atoms with Crippen LogP contribution in [0.15, 0.2) is 24.3 Å². The Morgan fingerprint density at radius 1 is 1.35 bits per heavy atom. The Morgan fingerprint density at radius 2 is 2.06 bits per heavy atom. The summed E-state index contributed by atoms with van der Waals surface area (Å²) in [6.45, 7) is 3.70. The van der Waals surface area contributed by atoms with Gasteiger partial charge in [0.1, 0.15) is 5.82 Å². The highest BCUT2D eigenvalue weighted by molar-refractivity contribution is 5.77. The van der Waals surface area contributed by atoms with Gasteiger partial charge in [-0.25, -0.2) is 4.39 Å². The second kappa shape index (κ2) is 6.35. The lowest BCUT2D eigenvalue weighted by Gasteiger charge is -2.21. The van der Waals surface area contributed by atoms with Crippen molar-refractivity contribution in [2.24, 2.45) is 0 Å². The fourth-order valence-corrected chi connectivity index (χ4v) is 1.51. The lowest BCUT2D eigenvalue weighted by molar-refractivity contribution is -0.130. The number of hydrogen-bond acceptors (Lipinski definition) is 2. The molecule has 1 amide bonds. The van der Waals surface area contributed by atoms with Gasteiger partial charge in [-0.2, -0.15) is 0 Å². The average molecular weight is 238 g/mol. The SMILES string of the molecule is CCN(CC(=O)N(C)C)Cc1cccc(F)c1. The Hall–Kier alpha value is -1.42. The van der Waals surface area contributed by atoms with E-state index in [0.29, 0.717) is 13.1 Å². The molecule has 0 aromatic heterocycles. The lowest BCUT2D eigenvalue weighted by atomic mass is 10.2. The van der Waals surface area contributed by atoms with Gasteiger partial charge in [0.25, 0.3) is 0 Å². The molecular formula is C13H19FN2O. The number of likely N-dealkylation sites (N-methyl/N-ethyl adjacent to an activating group) is 2. The third kappa shape index (κ3) is 4.53. The maximum absolute atomic E-state index is 13.0. The van der Waals surface area contributed by atoms with Crippen molar-refractivity contribution < 1.29 is 9.18 Å². The number of carbonyl (C=O) groups is 1. The van der Waals surface area contributed by atoms with Crippen LogP contribution in [-0.4, -0.2) is 42.9 Å². The highest BCUT2D eigenvalue weighted by Gasteiger charge is 2.11. The first kappa shape index (κ1) is 13.6. The Kier molecular flexibility index (Phi) is 5.10. The zero-order valence-corrected chi connectivity index (χ0v) is 10.6. The van der Waals surface area contributed by atoms with Gasteiger partial charge in [0.15, 0.2) is 0 Å². The maximum atomic E-state index is 13.0. The monoisotopic (exact) mass is 238 g/mol. The summed E-state index contributed by atoms with van der Waals surface area (Å²) in [5.41, 5.74) is 0.887. The Labute approximate surface area is 102 Å². The summed E-state index contributed by atoms with van der Waals surface area (Å²) in [6, 6.07) is 6.48. The molecule has 0 heterocycles. The van der Waals surface area contributed by atoms with E-state index < -0.39 is 0 Å². The summed E-state index contributed by atoms with van der Waals surface area (Å²) >= 11 is 0. The van der Waals surface area contributed by atoms with Crippen molar-refractivity contribution in [1.29, 1.82) is 0 Å². The number of carbonyl (C=O) groups excluding carboxylic acids is 1. The zero-order chi connectivity index (χ0) is 12.8. The van der Waals surface area contributed by atoms with Crippen LogP contribution in [0.25, 0.3) is 0 Å². The minimum absolute atomic E-state index is 0.0586. The van der Waals surface area contributed by atoms with E-state index in [1.54, 1.807) is 25.1 Å². The van der Waals surface area contributed by atoms with Crippen molar-refractivity contribution >= 4 is 5.91 Å². The van der Waals surface area contributed by atoms with Crippen LogP contribution in [0, 0.1) is 5.82 Å². The van der Waals surface area contributed by atoms with E-state index in [2.05, 4.69) is 0 Å². The van der Waals surface area contributed by atoms with Crippen molar-refractivity contribution in [2.75, 3.05) is 27.2 Å². The molecule has 0 spiro atoms. The molecular weight excluding hydrogens is 219 g/mol. The van der Waals surface area contributed by atoms with E-state index in [1.165, 1.54) is 12.1 Å². The third-order valence-electron chi connectivity index (χ3n) is 2.60. The first-order valence-electron chi connectivity index (χ1n) is 5.70. The fourth-order valence-electron chi connectivity index (χ4n) is 1.51. The van der Waals surface area contributed by atoms with E-state index in [9.17, 15) is 9.18 Å². The number of hydrogen-bond donors (Lipinski definition) is 0. The van der Waals surface area contributed by atoms with E-state index in [-0.39, 0.29) is 11.7 Å². The second-order valence-electron chi connectivity index (χ2n) is 4.22. The molecule has 0 atom stereocenters. The van der Waals surface area contributed by atoms with E-state index in [1.807, 2.05) is 17.9 Å². The van der Waals surface area contributed by atoms with Gasteiger partial charge in [-0.05, 0) is 24.2 Å². The number of rotatable bonds is 5. The van der Waals surface area contributed by atoms with Gasteiger partial charge in [-0.3, -0.25) is 9.69 Å². The number of amides is 1. The molecule has 94 valence electrons. The van der Waals surface area contributed by atoms with Gasteiger partial charge in [0.05, 0.1) is 6.54 Å². The Balaban J connectivity index is 2.61. The van der Waals surface area contributed by atoms with Gasteiger partial charge < -0.3 is 4.90 Å². The van der Waals surface area contributed by atoms with Crippen LogP contribution < -0.4 is 0 Å². The molecule has 0 saturated carbocycles. The molecule has 17 heavy (non-hydrogen) atoms. The molecule has 1 rings (SSSR count). The first-order valence-corrected chi connectivity index (χ1v) is 5.70. The summed E-state index contributed by atoms with van der Waals surface area (Å²) in [5.74, 6) is -0.180. The number of benzene rings is 1. The number of halogens is 1. The molecule has 3 nitrogen and oxygen atoms in total. The van der Waals surface area contributed by atoms with Crippen LogP contribution >= 0.6 is 0 Å². The smallest absolute Gasteiger partial charge is 0.236 e. The van der Waals surface area contributed by atoms with Gasteiger partial charge >= 0.3 is 0 Å². The van der Waals surface area contributed by atoms with Gasteiger partial charge in [0, 0.05) is 20.6 Å². The molecule has 0 radical (unpaired) electrons. The minimum atomic E-state index is -0.238.